The van der Waals surface area contributed by atoms with Crippen molar-refractivity contribution in [3.63, 3.8) is 0 Å². The Kier molecular flexibility index (Phi) is 4.69. The number of rotatable bonds is 7. The highest BCUT2D eigenvalue weighted by atomic mass is 19.4. The number of ether oxygens (including phenoxy) is 4. The average molecular weight is 502 g/mol. The van der Waals surface area contributed by atoms with Crippen LogP contribution in [0.3, 0.4) is 0 Å². The van der Waals surface area contributed by atoms with Crippen LogP contribution in [0.1, 0.15) is 37.9 Å². The van der Waals surface area contributed by atoms with E-state index in [9.17, 15) is 26.7 Å². The van der Waals surface area contributed by atoms with Crippen molar-refractivity contribution < 1.29 is 50.2 Å². The Hall–Kier alpha value is -2.93. The van der Waals surface area contributed by atoms with E-state index in [-0.39, 0.29) is 47.8 Å². The maximum Gasteiger partial charge on any atom is 0.586 e. The summed E-state index contributed by atoms with van der Waals surface area (Å²) in [4.78, 5) is 12.2. The maximum absolute atomic E-state index is 13.2. The Morgan fingerprint density at radius 3 is 2.51 bits per heavy atom. The van der Waals surface area contributed by atoms with Gasteiger partial charge in [0.25, 0.3) is 0 Å². The summed E-state index contributed by atoms with van der Waals surface area (Å²) in [7, 11) is 0. The second-order valence-electron chi connectivity index (χ2n) is 9.63. The molecule has 35 heavy (non-hydrogen) atoms. The summed E-state index contributed by atoms with van der Waals surface area (Å²) in [5.74, 6) is 0.175. The molecule has 5 aliphatic rings. The van der Waals surface area contributed by atoms with E-state index in [1.807, 2.05) is 0 Å². The van der Waals surface area contributed by atoms with Crippen molar-refractivity contribution in [3.05, 3.63) is 30.0 Å². The fraction of sp³-hybridized carbons (Fsp3) is 0.545. The molecule has 0 saturated heterocycles. The monoisotopic (exact) mass is 502 g/mol. The fourth-order valence-corrected chi connectivity index (χ4v) is 5.42. The van der Waals surface area contributed by atoms with Crippen LogP contribution >= 0.6 is 0 Å². The number of nitrogens with zero attached hydrogens (tertiary/aromatic N) is 1. The lowest BCUT2D eigenvalue weighted by molar-refractivity contribution is -0.357. The summed E-state index contributed by atoms with van der Waals surface area (Å²) in [5, 5.41) is 6.99. The molecule has 2 aromatic rings. The van der Waals surface area contributed by atoms with Crippen molar-refractivity contribution in [1.29, 1.82) is 0 Å². The van der Waals surface area contributed by atoms with Crippen LogP contribution in [0.2, 0.25) is 0 Å². The van der Waals surface area contributed by atoms with Crippen LogP contribution in [0, 0.1) is 0 Å². The standard InChI is InChI=1S/C22H19F5N2O6/c23-21(24,25)32-13-4-12(5-13)31-7-18(30)28-20-8-19(9-20,10-20)17-6-14(29-35-17)11-1-2-15-16(3-11)34-22(26,27)33-15/h1-3,6,12-13H,4-5,7-10H2,(H,28,30). The van der Waals surface area contributed by atoms with Crippen LogP contribution in [0.4, 0.5) is 22.0 Å². The zero-order valence-electron chi connectivity index (χ0n) is 18.0. The first-order chi connectivity index (χ1) is 16.4. The number of nitrogens with one attached hydrogen (secondary N) is 1. The molecule has 1 aliphatic heterocycles. The number of benzene rings is 1. The number of aromatic nitrogens is 1. The van der Waals surface area contributed by atoms with E-state index in [4.69, 9.17) is 9.26 Å². The molecule has 2 heterocycles. The fourth-order valence-electron chi connectivity index (χ4n) is 5.42. The molecule has 4 saturated carbocycles. The average Bonchev–Trinajstić information content (AvgIpc) is 3.26. The number of amides is 1. The minimum Gasteiger partial charge on any atom is -0.395 e. The predicted octanol–water partition coefficient (Wildman–Crippen LogP) is 4.04. The number of carbonyl (C=O) groups excluding carboxylic acids is 1. The van der Waals surface area contributed by atoms with Crippen molar-refractivity contribution in [2.24, 2.45) is 0 Å². The second-order valence-corrected chi connectivity index (χ2v) is 9.63. The van der Waals surface area contributed by atoms with Gasteiger partial charge in [0.2, 0.25) is 5.91 Å². The smallest absolute Gasteiger partial charge is 0.395 e. The molecule has 4 aliphatic carbocycles. The molecule has 0 spiro atoms. The van der Waals surface area contributed by atoms with Gasteiger partial charge in [-0.25, -0.2) is 0 Å². The first kappa shape index (κ1) is 22.5. The lowest BCUT2D eigenvalue weighted by atomic mass is 9.38. The summed E-state index contributed by atoms with van der Waals surface area (Å²) < 4.78 is 86.6. The van der Waals surface area contributed by atoms with Crippen LogP contribution < -0.4 is 14.8 Å². The molecule has 4 fully saturated rings. The molecular weight excluding hydrogens is 483 g/mol. The van der Waals surface area contributed by atoms with Crippen LogP contribution in [-0.4, -0.2) is 48.1 Å². The minimum absolute atomic E-state index is 0.0599. The van der Waals surface area contributed by atoms with Crippen molar-refractivity contribution in [3.8, 4) is 22.8 Å². The second kappa shape index (κ2) is 7.29. The summed E-state index contributed by atoms with van der Waals surface area (Å²) in [5.41, 5.74) is 0.384. The summed E-state index contributed by atoms with van der Waals surface area (Å²) in [6.07, 6.45) is -7.57. The normalized spacial score (nSPS) is 31.8. The van der Waals surface area contributed by atoms with Gasteiger partial charge in [0.05, 0.1) is 12.2 Å². The highest BCUT2D eigenvalue weighted by molar-refractivity contribution is 5.79. The summed E-state index contributed by atoms with van der Waals surface area (Å²) in [6.45, 7) is -0.228. The lowest BCUT2D eigenvalue weighted by Gasteiger charge is -2.69. The van der Waals surface area contributed by atoms with Gasteiger partial charge in [-0.1, -0.05) is 5.16 Å². The molecule has 2 bridgehead atoms. The van der Waals surface area contributed by atoms with Crippen molar-refractivity contribution >= 4 is 5.91 Å². The molecule has 0 unspecified atom stereocenters. The Labute approximate surface area is 194 Å². The molecule has 0 radical (unpaired) electrons. The van der Waals surface area contributed by atoms with Crippen LogP contribution in [0.5, 0.6) is 11.5 Å². The van der Waals surface area contributed by atoms with Crippen LogP contribution in [0.25, 0.3) is 11.3 Å². The van der Waals surface area contributed by atoms with E-state index in [0.29, 0.717) is 36.3 Å². The van der Waals surface area contributed by atoms with Crippen LogP contribution in [0.15, 0.2) is 28.8 Å². The van der Waals surface area contributed by atoms with Gasteiger partial charge in [-0.05, 0) is 37.5 Å². The molecule has 8 nitrogen and oxygen atoms in total. The molecular formula is C22H19F5N2O6. The van der Waals surface area contributed by atoms with E-state index in [1.165, 1.54) is 12.1 Å². The van der Waals surface area contributed by atoms with Gasteiger partial charge in [0.15, 0.2) is 11.5 Å². The zero-order valence-corrected chi connectivity index (χ0v) is 18.0. The van der Waals surface area contributed by atoms with E-state index in [2.05, 4.69) is 24.7 Å². The number of fused-ring (bicyclic) bond motifs is 1. The van der Waals surface area contributed by atoms with Gasteiger partial charge >= 0.3 is 12.7 Å². The molecule has 188 valence electrons. The molecule has 1 aromatic carbocycles. The number of hydrogen-bond acceptors (Lipinski definition) is 7. The van der Waals surface area contributed by atoms with Gasteiger partial charge in [-0.2, -0.15) is 0 Å². The Morgan fingerprint density at radius 1 is 1.09 bits per heavy atom. The van der Waals surface area contributed by atoms with E-state index >= 15 is 0 Å². The van der Waals surface area contributed by atoms with E-state index < -0.39 is 24.9 Å². The minimum atomic E-state index is -4.67. The SMILES string of the molecule is O=C(COC1CC(OC(F)(F)F)C1)NC12CC(c3cc(-c4ccc5c(c4)OC(F)(F)O5)no3)(C1)C2. The third kappa shape index (κ3) is 4.10. The molecule has 1 N–H and O–H groups in total. The Bertz CT molecular complexity index is 1160. The third-order valence-electron chi connectivity index (χ3n) is 6.97. The van der Waals surface area contributed by atoms with E-state index in [1.54, 1.807) is 12.1 Å². The zero-order chi connectivity index (χ0) is 24.6. The molecule has 1 aromatic heterocycles. The lowest BCUT2D eigenvalue weighted by Crippen LogP contribution is -2.76. The van der Waals surface area contributed by atoms with Gasteiger partial charge in [0.1, 0.15) is 18.1 Å². The molecule has 1 amide bonds. The first-order valence-corrected chi connectivity index (χ1v) is 11.0. The van der Waals surface area contributed by atoms with Crippen molar-refractivity contribution in [2.75, 3.05) is 6.61 Å². The Morgan fingerprint density at radius 2 is 1.80 bits per heavy atom. The van der Waals surface area contributed by atoms with Crippen LogP contribution in [-0.2, 0) is 19.7 Å². The third-order valence-corrected chi connectivity index (χ3v) is 6.97. The highest BCUT2D eigenvalue weighted by Gasteiger charge is 2.71. The number of carbonyl (C=O) groups is 1. The number of alkyl halides is 5. The predicted molar refractivity (Wildman–Crippen MR) is 104 cm³/mol. The Balaban J connectivity index is 0.984. The maximum atomic E-state index is 13.2. The topological polar surface area (TPSA) is 92.1 Å². The first-order valence-electron chi connectivity index (χ1n) is 11.0. The van der Waals surface area contributed by atoms with E-state index in [0.717, 1.165) is 0 Å². The molecule has 7 rings (SSSR count). The van der Waals surface area contributed by atoms with Gasteiger partial charge in [-0.3, -0.25) is 9.53 Å². The van der Waals surface area contributed by atoms with Gasteiger partial charge < -0.3 is 24.1 Å². The largest absolute Gasteiger partial charge is 0.586 e. The summed E-state index contributed by atoms with van der Waals surface area (Å²) >= 11 is 0. The number of hydrogen-bond donors (Lipinski definition) is 1. The molecule has 0 atom stereocenters. The van der Waals surface area contributed by atoms with Gasteiger partial charge in [0, 0.05) is 35.4 Å². The van der Waals surface area contributed by atoms with Crippen molar-refractivity contribution in [1.82, 2.24) is 10.5 Å². The number of halogens is 5. The molecule has 13 heteroatoms. The quantitative estimate of drug-likeness (QED) is 0.572. The summed E-state index contributed by atoms with van der Waals surface area (Å²) in [6, 6.07) is 6.11. The highest BCUT2D eigenvalue weighted by Crippen LogP contribution is 2.68. The van der Waals surface area contributed by atoms with Gasteiger partial charge in [-0.15, -0.1) is 22.0 Å². The van der Waals surface area contributed by atoms with Crippen molar-refractivity contribution in [2.45, 2.75) is 67.9 Å².